The maximum atomic E-state index is 12.6. The molecule has 2 N–H and O–H groups in total. The summed E-state index contributed by atoms with van der Waals surface area (Å²) in [4.78, 5) is 14.4. The SMILES string of the molecule is NCC1CN(C(=O)c2cccc(-n3cccn3)c2)CCO1. The van der Waals surface area contributed by atoms with Crippen LogP contribution in [0.1, 0.15) is 10.4 Å². The number of nitrogens with two attached hydrogens (primary N) is 1. The van der Waals surface area contributed by atoms with Crippen molar-refractivity contribution in [3.8, 4) is 5.69 Å². The molecule has 1 unspecified atom stereocenters. The predicted molar refractivity (Wildman–Crippen MR) is 78.3 cm³/mol. The van der Waals surface area contributed by atoms with Gasteiger partial charge in [0.1, 0.15) is 0 Å². The highest BCUT2D eigenvalue weighted by Crippen LogP contribution is 2.14. The normalized spacial score (nSPS) is 18.7. The Morgan fingerprint density at radius 1 is 1.43 bits per heavy atom. The monoisotopic (exact) mass is 286 g/mol. The van der Waals surface area contributed by atoms with Crippen LogP contribution in [0.2, 0.25) is 0 Å². The molecular weight excluding hydrogens is 268 g/mol. The van der Waals surface area contributed by atoms with E-state index in [-0.39, 0.29) is 12.0 Å². The van der Waals surface area contributed by atoms with E-state index in [1.165, 1.54) is 0 Å². The zero-order chi connectivity index (χ0) is 14.7. The molecule has 0 aliphatic carbocycles. The highest BCUT2D eigenvalue weighted by Gasteiger charge is 2.24. The Morgan fingerprint density at radius 2 is 2.33 bits per heavy atom. The van der Waals surface area contributed by atoms with Gasteiger partial charge in [-0.15, -0.1) is 0 Å². The first-order valence-electron chi connectivity index (χ1n) is 6.99. The highest BCUT2D eigenvalue weighted by molar-refractivity contribution is 5.94. The van der Waals surface area contributed by atoms with E-state index in [1.54, 1.807) is 15.8 Å². The van der Waals surface area contributed by atoms with Gasteiger partial charge in [0.2, 0.25) is 0 Å². The number of nitrogens with zero attached hydrogens (tertiary/aromatic N) is 3. The molecular formula is C15H18N4O2. The number of amides is 1. The van der Waals surface area contributed by atoms with Crippen LogP contribution in [0.5, 0.6) is 0 Å². The molecule has 1 saturated heterocycles. The lowest BCUT2D eigenvalue weighted by atomic mass is 10.1. The maximum Gasteiger partial charge on any atom is 0.254 e. The fourth-order valence-electron chi connectivity index (χ4n) is 2.43. The molecule has 6 nitrogen and oxygen atoms in total. The van der Waals surface area contributed by atoms with Crippen LogP contribution in [0.25, 0.3) is 5.69 Å². The number of hydrogen-bond donors (Lipinski definition) is 1. The molecule has 1 aromatic carbocycles. The molecule has 0 bridgehead atoms. The Kier molecular flexibility index (Phi) is 3.98. The second-order valence-electron chi connectivity index (χ2n) is 4.98. The molecule has 0 radical (unpaired) electrons. The van der Waals surface area contributed by atoms with E-state index in [1.807, 2.05) is 36.5 Å². The van der Waals surface area contributed by atoms with E-state index in [9.17, 15) is 4.79 Å². The van der Waals surface area contributed by atoms with Gasteiger partial charge < -0.3 is 15.4 Å². The summed E-state index contributed by atoms with van der Waals surface area (Å²) in [7, 11) is 0. The third-order valence-electron chi connectivity index (χ3n) is 3.55. The summed E-state index contributed by atoms with van der Waals surface area (Å²) >= 11 is 0. The van der Waals surface area contributed by atoms with Crippen molar-refractivity contribution in [1.82, 2.24) is 14.7 Å². The summed E-state index contributed by atoms with van der Waals surface area (Å²) in [5.41, 5.74) is 7.14. The molecule has 0 spiro atoms. The van der Waals surface area contributed by atoms with Crippen molar-refractivity contribution in [2.75, 3.05) is 26.2 Å². The molecule has 1 amide bonds. The van der Waals surface area contributed by atoms with Crippen molar-refractivity contribution in [1.29, 1.82) is 0 Å². The van der Waals surface area contributed by atoms with Crippen molar-refractivity contribution >= 4 is 5.91 Å². The number of benzene rings is 1. The number of rotatable bonds is 3. The van der Waals surface area contributed by atoms with Gasteiger partial charge in [-0.1, -0.05) is 6.07 Å². The smallest absolute Gasteiger partial charge is 0.254 e. The molecule has 3 rings (SSSR count). The molecule has 0 saturated carbocycles. The van der Waals surface area contributed by atoms with Gasteiger partial charge in [-0.05, 0) is 24.3 Å². The maximum absolute atomic E-state index is 12.6. The van der Waals surface area contributed by atoms with Crippen LogP contribution >= 0.6 is 0 Å². The van der Waals surface area contributed by atoms with Crippen LogP contribution in [-0.4, -0.2) is 52.9 Å². The largest absolute Gasteiger partial charge is 0.373 e. The van der Waals surface area contributed by atoms with Crippen molar-refractivity contribution in [2.24, 2.45) is 5.73 Å². The van der Waals surface area contributed by atoms with Crippen LogP contribution in [0.4, 0.5) is 0 Å². The average Bonchev–Trinajstić information content (AvgIpc) is 3.09. The lowest BCUT2D eigenvalue weighted by molar-refractivity contribution is -0.0167. The van der Waals surface area contributed by atoms with Gasteiger partial charge in [0.25, 0.3) is 5.91 Å². The molecule has 1 aromatic heterocycles. The second-order valence-corrected chi connectivity index (χ2v) is 4.98. The zero-order valence-electron chi connectivity index (χ0n) is 11.7. The first kappa shape index (κ1) is 13.8. The van der Waals surface area contributed by atoms with Crippen LogP contribution in [0.3, 0.4) is 0 Å². The second kappa shape index (κ2) is 6.07. The Bertz CT molecular complexity index is 612. The van der Waals surface area contributed by atoms with Crippen molar-refractivity contribution in [3.05, 3.63) is 48.3 Å². The molecule has 1 fully saturated rings. The Labute approximate surface area is 123 Å². The molecule has 21 heavy (non-hydrogen) atoms. The minimum Gasteiger partial charge on any atom is -0.373 e. The lowest BCUT2D eigenvalue weighted by Gasteiger charge is -2.32. The summed E-state index contributed by atoms with van der Waals surface area (Å²) in [5, 5.41) is 4.18. The van der Waals surface area contributed by atoms with Gasteiger partial charge in [0.05, 0.1) is 18.4 Å². The van der Waals surface area contributed by atoms with Gasteiger partial charge in [0.15, 0.2) is 0 Å². The average molecular weight is 286 g/mol. The van der Waals surface area contributed by atoms with Gasteiger partial charge >= 0.3 is 0 Å². The molecule has 1 aliphatic rings. The summed E-state index contributed by atoms with van der Waals surface area (Å²) < 4.78 is 7.23. The van der Waals surface area contributed by atoms with E-state index in [4.69, 9.17) is 10.5 Å². The minimum absolute atomic E-state index is 0.00533. The molecule has 2 aromatic rings. The summed E-state index contributed by atoms with van der Waals surface area (Å²) in [6.07, 6.45) is 3.49. The van der Waals surface area contributed by atoms with Gasteiger partial charge in [-0.25, -0.2) is 4.68 Å². The number of aromatic nitrogens is 2. The Hall–Kier alpha value is -2.18. The van der Waals surface area contributed by atoms with Crippen LogP contribution < -0.4 is 5.73 Å². The summed E-state index contributed by atoms with van der Waals surface area (Å²) in [5.74, 6) is 0.00533. The first-order chi connectivity index (χ1) is 10.3. The van der Waals surface area contributed by atoms with Crippen LogP contribution in [-0.2, 0) is 4.74 Å². The molecule has 110 valence electrons. The number of carbonyl (C=O) groups is 1. The minimum atomic E-state index is -0.0722. The fourth-order valence-corrected chi connectivity index (χ4v) is 2.43. The van der Waals surface area contributed by atoms with Gasteiger partial charge in [0, 0.05) is 37.6 Å². The highest BCUT2D eigenvalue weighted by atomic mass is 16.5. The topological polar surface area (TPSA) is 73.4 Å². The fraction of sp³-hybridized carbons (Fsp3) is 0.333. The molecule has 1 aliphatic heterocycles. The third kappa shape index (κ3) is 2.96. The van der Waals surface area contributed by atoms with Crippen LogP contribution in [0.15, 0.2) is 42.7 Å². The van der Waals surface area contributed by atoms with E-state index in [2.05, 4.69) is 5.10 Å². The number of carbonyl (C=O) groups excluding carboxylic acids is 1. The van der Waals surface area contributed by atoms with Crippen molar-refractivity contribution < 1.29 is 9.53 Å². The van der Waals surface area contributed by atoms with E-state index in [0.717, 1.165) is 5.69 Å². The van der Waals surface area contributed by atoms with E-state index < -0.39 is 0 Å². The molecule has 2 heterocycles. The summed E-state index contributed by atoms with van der Waals surface area (Å²) in [6, 6.07) is 9.31. The van der Waals surface area contributed by atoms with Crippen molar-refractivity contribution in [2.45, 2.75) is 6.10 Å². The van der Waals surface area contributed by atoms with E-state index in [0.29, 0.717) is 31.8 Å². The zero-order valence-corrected chi connectivity index (χ0v) is 11.7. The Morgan fingerprint density at radius 3 is 3.10 bits per heavy atom. The molecule has 6 heteroatoms. The number of hydrogen-bond acceptors (Lipinski definition) is 4. The van der Waals surface area contributed by atoms with Gasteiger partial charge in [-0.3, -0.25) is 4.79 Å². The quantitative estimate of drug-likeness (QED) is 0.900. The number of ether oxygens (including phenoxy) is 1. The van der Waals surface area contributed by atoms with E-state index >= 15 is 0 Å². The molecule has 1 atom stereocenters. The first-order valence-corrected chi connectivity index (χ1v) is 6.99. The lowest BCUT2D eigenvalue weighted by Crippen LogP contribution is -2.48. The Balaban J connectivity index is 1.80. The third-order valence-corrected chi connectivity index (χ3v) is 3.55. The standard InChI is InChI=1S/C15H18N4O2/c16-10-14-11-18(7-8-21-14)15(20)12-3-1-4-13(9-12)19-6-2-5-17-19/h1-6,9,14H,7-8,10-11,16H2. The van der Waals surface area contributed by atoms with Crippen LogP contribution in [0, 0.1) is 0 Å². The van der Waals surface area contributed by atoms with Gasteiger partial charge in [-0.2, -0.15) is 5.10 Å². The number of morpholine rings is 1. The van der Waals surface area contributed by atoms with Crippen molar-refractivity contribution in [3.63, 3.8) is 0 Å². The summed E-state index contributed by atoms with van der Waals surface area (Å²) in [6.45, 7) is 2.10. The predicted octanol–water partition coefficient (Wildman–Crippen LogP) is 0.672.